The second-order valence-corrected chi connectivity index (χ2v) is 7.30. The first-order valence-electron chi connectivity index (χ1n) is 6.83. The lowest BCUT2D eigenvalue weighted by Gasteiger charge is -2.18. The van der Waals surface area contributed by atoms with Crippen LogP contribution in [0.15, 0.2) is 0 Å². The monoisotopic (exact) mass is 253 g/mol. The fourth-order valence-electron chi connectivity index (χ4n) is 2.17. The largest absolute Gasteiger partial charge is 0.303 e. The molecule has 2 nitrogen and oxygen atoms in total. The number of carbonyl (C=O) groups excluding carboxylic acids is 1. The van der Waals surface area contributed by atoms with Gasteiger partial charge in [-0.1, -0.05) is 41.5 Å². The average molecular weight is 253 g/mol. The van der Waals surface area contributed by atoms with Crippen LogP contribution in [0.3, 0.4) is 0 Å². The van der Waals surface area contributed by atoms with Crippen molar-refractivity contribution in [3.05, 3.63) is 0 Å². The van der Waals surface area contributed by atoms with Crippen LogP contribution < -0.4 is 0 Å². The van der Waals surface area contributed by atoms with Gasteiger partial charge in [0.05, 0.1) is 11.5 Å². The normalized spacial score (nSPS) is 11.8. The molecule has 0 aliphatic carbocycles. The summed E-state index contributed by atoms with van der Waals surface area (Å²) in [5.74, 6) is 1.24. The summed E-state index contributed by atoms with van der Waals surface area (Å²) in [5, 5.41) is 8.59. The highest BCUT2D eigenvalue weighted by molar-refractivity contribution is 5.57. The molecular formula is C16H31NO. The van der Waals surface area contributed by atoms with Gasteiger partial charge in [-0.05, 0) is 38.5 Å². The molecule has 0 aliphatic heterocycles. The second-order valence-electron chi connectivity index (χ2n) is 7.30. The van der Waals surface area contributed by atoms with E-state index in [4.69, 9.17) is 5.26 Å². The van der Waals surface area contributed by atoms with E-state index in [9.17, 15) is 4.79 Å². The molecule has 0 radical (unpaired) electrons. The molecule has 0 amide bonds. The van der Waals surface area contributed by atoms with E-state index in [0.717, 1.165) is 19.1 Å². The zero-order valence-electron chi connectivity index (χ0n) is 13.5. The third kappa shape index (κ3) is 13.2. The zero-order valence-corrected chi connectivity index (χ0v) is 13.5. The van der Waals surface area contributed by atoms with Gasteiger partial charge in [0, 0.05) is 5.41 Å². The van der Waals surface area contributed by atoms with Crippen LogP contribution in [0.25, 0.3) is 0 Å². The van der Waals surface area contributed by atoms with E-state index < -0.39 is 0 Å². The van der Waals surface area contributed by atoms with E-state index in [0.29, 0.717) is 11.8 Å². The van der Waals surface area contributed by atoms with Gasteiger partial charge in [-0.2, -0.15) is 5.26 Å². The molecule has 0 saturated heterocycles. The molecule has 0 unspecified atom stereocenters. The maximum Gasteiger partial charge on any atom is 0.125 e. The van der Waals surface area contributed by atoms with Crippen LogP contribution in [0.5, 0.6) is 0 Å². The van der Waals surface area contributed by atoms with Crippen molar-refractivity contribution in [3.63, 3.8) is 0 Å². The fourth-order valence-corrected chi connectivity index (χ4v) is 2.17. The minimum absolute atomic E-state index is 0.117. The van der Waals surface area contributed by atoms with Crippen LogP contribution in [0, 0.1) is 34.0 Å². The Kier molecular flexibility index (Phi) is 8.99. The third-order valence-corrected chi connectivity index (χ3v) is 2.47. The Balaban J connectivity index is 0. The standard InChI is InChI=1S/C8H15N.C8H16O/c2*1-7(2)5-8(3,4)6-9/h7H,5H2,1-4H3;6-7H,5H2,1-4H3. The van der Waals surface area contributed by atoms with Crippen LogP contribution in [0.4, 0.5) is 0 Å². The molecule has 0 atom stereocenters. The number of hydrogen-bond donors (Lipinski definition) is 0. The number of nitrogens with zero attached hydrogens (tertiary/aromatic N) is 1. The highest BCUT2D eigenvalue weighted by atomic mass is 16.1. The SMILES string of the molecule is CC(C)CC(C)(C)C#N.CC(C)CC(C)(C)C=O. The van der Waals surface area contributed by atoms with Crippen molar-refractivity contribution in [2.24, 2.45) is 22.7 Å². The molecule has 0 aromatic heterocycles. The van der Waals surface area contributed by atoms with Crippen molar-refractivity contribution in [1.82, 2.24) is 0 Å². The molecule has 0 N–H and O–H groups in total. The van der Waals surface area contributed by atoms with Gasteiger partial charge in [0.15, 0.2) is 0 Å². The first-order chi connectivity index (χ1) is 7.95. The number of carbonyl (C=O) groups is 1. The van der Waals surface area contributed by atoms with Crippen molar-refractivity contribution in [1.29, 1.82) is 5.26 Å². The Morgan fingerprint density at radius 3 is 1.50 bits per heavy atom. The van der Waals surface area contributed by atoms with E-state index in [1.807, 2.05) is 27.7 Å². The predicted octanol–water partition coefficient (Wildman–Crippen LogP) is 4.84. The van der Waals surface area contributed by atoms with Gasteiger partial charge >= 0.3 is 0 Å². The minimum Gasteiger partial charge on any atom is -0.303 e. The highest BCUT2D eigenvalue weighted by Gasteiger charge is 2.17. The Morgan fingerprint density at radius 1 is 1.00 bits per heavy atom. The van der Waals surface area contributed by atoms with E-state index in [2.05, 4.69) is 33.8 Å². The number of rotatable bonds is 5. The van der Waals surface area contributed by atoms with Crippen molar-refractivity contribution in [2.45, 2.75) is 68.2 Å². The van der Waals surface area contributed by atoms with E-state index in [1.165, 1.54) is 0 Å². The van der Waals surface area contributed by atoms with Gasteiger partial charge in [-0.25, -0.2) is 0 Å². The molecule has 2 heteroatoms. The van der Waals surface area contributed by atoms with Gasteiger partial charge in [0.2, 0.25) is 0 Å². The summed E-state index contributed by atoms with van der Waals surface area (Å²) >= 11 is 0. The summed E-state index contributed by atoms with van der Waals surface area (Å²) in [4.78, 5) is 10.4. The van der Waals surface area contributed by atoms with Crippen molar-refractivity contribution >= 4 is 6.29 Å². The molecular weight excluding hydrogens is 222 g/mol. The summed E-state index contributed by atoms with van der Waals surface area (Å²) in [7, 11) is 0. The van der Waals surface area contributed by atoms with E-state index in [1.54, 1.807) is 0 Å². The Morgan fingerprint density at radius 2 is 1.39 bits per heavy atom. The molecule has 0 aliphatic rings. The van der Waals surface area contributed by atoms with Gasteiger partial charge in [0.25, 0.3) is 0 Å². The lowest BCUT2D eigenvalue weighted by molar-refractivity contribution is -0.115. The van der Waals surface area contributed by atoms with Crippen molar-refractivity contribution < 1.29 is 4.79 Å². The molecule has 0 saturated carbocycles. The summed E-state index contributed by atoms with van der Waals surface area (Å²) in [5.41, 5.74) is -0.248. The molecule has 0 aromatic rings. The molecule has 0 heterocycles. The summed E-state index contributed by atoms with van der Waals surface area (Å²) in [6, 6.07) is 2.27. The third-order valence-electron chi connectivity index (χ3n) is 2.47. The molecule has 0 bridgehead atoms. The van der Waals surface area contributed by atoms with Crippen LogP contribution in [-0.4, -0.2) is 6.29 Å². The summed E-state index contributed by atoms with van der Waals surface area (Å²) < 4.78 is 0. The van der Waals surface area contributed by atoms with Gasteiger partial charge < -0.3 is 4.79 Å². The number of hydrogen-bond acceptors (Lipinski definition) is 2. The molecule has 106 valence electrons. The fraction of sp³-hybridized carbons (Fsp3) is 0.875. The average Bonchev–Trinajstić information content (AvgIpc) is 2.15. The smallest absolute Gasteiger partial charge is 0.125 e. The van der Waals surface area contributed by atoms with Crippen LogP contribution in [0.2, 0.25) is 0 Å². The highest BCUT2D eigenvalue weighted by Crippen LogP contribution is 2.23. The number of aldehydes is 1. The maximum atomic E-state index is 10.4. The van der Waals surface area contributed by atoms with Crippen LogP contribution in [-0.2, 0) is 4.79 Å². The topological polar surface area (TPSA) is 40.9 Å². The van der Waals surface area contributed by atoms with Crippen LogP contribution in [0.1, 0.15) is 68.2 Å². The molecule has 0 rings (SSSR count). The maximum absolute atomic E-state index is 10.4. The van der Waals surface area contributed by atoms with Gasteiger partial charge in [0.1, 0.15) is 6.29 Å². The summed E-state index contributed by atoms with van der Waals surface area (Å²) in [6.45, 7) is 16.4. The second kappa shape index (κ2) is 8.29. The molecule has 0 aromatic carbocycles. The Bertz CT molecular complexity index is 269. The van der Waals surface area contributed by atoms with E-state index in [-0.39, 0.29) is 10.8 Å². The predicted molar refractivity (Wildman–Crippen MR) is 78.1 cm³/mol. The zero-order chi connectivity index (χ0) is 15.0. The Labute approximate surface area is 114 Å². The van der Waals surface area contributed by atoms with Gasteiger partial charge in [-0.3, -0.25) is 0 Å². The first-order valence-corrected chi connectivity index (χ1v) is 6.83. The quantitative estimate of drug-likeness (QED) is 0.658. The van der Waals surface area contributed by atoms with E-state index >= 15 is 0 Å². The summed E-state index contributed by atoms with van der Waals surface area (Å²) in [6.07, 6.45) is 3.01. The molecule has 0 spiro atoms. The lowest BCUT2D eigenvalue weighted by atomic mass is 9.86. The van der Waals surface area contributed by atoms with Crippen LogP contribution >= 0.6 is 0 Å². The van der Waals surface area contributed by atoms with Crippen molar-refractivity contribution in [2.75, 3.05) is 0 Å². The molecule has 0 fully saturated rings. The lowest BCUT2D eigenvalue weighted by Crippen LogP contribution is -2.15. The molecule has 18 heavy (non-hydrogen) atoms. The number of nitriles is 1. The Hall–Kier alpha value is -0.840. The minimum atomic E-state index is -0.131. The van der Waals surface area contributed by atoms with Crippen molar-refractivity contribution in [3.8, 4) is 6.07 Å². The first kappa shape index (κ1) is 19.5. The van der Waals surface area contributed by atoms with Gasteiger partial charge in [-0.15, -0.1) is 0 Å².